The van der Waals surface area contributed by atoms with Crippen molar-refractivity contribution in [2.45, 2.75) is 25.9 Å². The monoisotopic (exact) mass is 416 g/mol. The third-order valence-electron chi connectivity index (χ3n) is 5.03. The molecule has 2 aromatic rings. The average molecular weight is 417 g/mol. The van der Waals surface area contributed by atoms with Gasteiger partial charge in [-0.05, 0) is 50.2 Å². The molecular formula is C22H30F2N6. The van der Waals surface area contributed by atoms with Crippen LogP contribution in [0.15, 0.2) is 47.6 Å². The number of rotatable bonds is 8. The summed E-state index contributed by atoms with van der Waals surface area (Å²) < 4.78 is 27.0. The van der Waals surface area contributed by atoms with Crippen LogP contribution >= 0.6 is 0 Å². The molecule has 2 N–H and O–H groups in total. The Balaban J connectivity index is 1.48. The first-order valence-electron chi connectivity index (χ1n) is 10.4. The van der Waals surface area contributed by atoms with Crippen LogP contribution in [-0.2, 0) is 6.54 Å². The quantitative estimate of drug-likeness (QED) is 0.512. The maximum atomic E-state index is 14.0. The first kappa shape index (κ1) is 22.0. The summed E-state index contributed by atoms with van der Waals surface area (Å²) in [6.07, 6.45) is 2.51. The summed E-state index contributed by atoms with van der Waals surface area (Å²) in [4.78, 5) is 13.0. The van der Waals surface area contributed by atoms with Gasteiger partial charge in [0.05, 0.1) is 6.54 Å². The lowest BCUT2D eigenvalue weighted by atomic mass is 10.2. The summed E-state index contributed by atoms with van der Waals surface area (Å²) in [5, 5.41) is 6.73. The van der Waals surface area contributed by atoms with Gasteiger partial charge >= 0.3 is 0 Å². The van der Waals surface area contributed by atoms with Gasteiger partial charge in [0, 0.05) is 45.0 Å². The van der Waals surface area contributed by atoms with E-state index in [1.54, 1.807) is 24.4 Å². The minimum Gasteiger partial charge on any atom is -0.357 e. The van der Waals surface area contributed by atoms with Crippen LogP contribution in [-0.4, -0.2) is 61.7 Å². The molecule has 1 aromatic heterocycles. The maximum absolute atomic E-state index is 14.0. The largest absolute Gasteiger partial charge is 0.357 e. The lowest BCUT2D eigenvalue weighted by molar-refractivity contribution is 0.336. The van der Waals surface area contributed by atoms with Gasteiger partial charge in [-0.3, -0.25) is 4.99 Å². The van der Waals surface area contributed by atoms with Crippen molar-refractivity contribution in [2.75, 3.05) is 44.7 Å². The molecule has 8 heteroatoms. The third kappa shape index (κ3) is 6.38. The first-order chi connectivity index (χ1) is 14.5. The molecule has 0 bridgehead atoms. The van der Waals surface area contributed by atoms with Gasteiger partial charge in [-0.1, -0.05) is 12.1 Å². The normalized spacial score (nSPS) is 16.9. The lowest BCUT2D eigenvalue weighted by Crippen LogP contribution is -2.45. The van der Waals surface area contributed by atoms with Gasteiger partial charge in [0.1, 0.15) is 5.82 Å². The second-order valence-corrected chi connectivity index (χ2v) is 7.51. The minimum absolute atomic E-state index is 0.182. The molecule has 0 radical (unpaired) electrons. The second kappa shape index (κ2) is 10.9. The van der Waals surface area contributed by atoms with E-state index >= 15 is 0 Å². The van der Waals surface area contributed by atoms with Crippen LogP contribution in [0.4, 0.5) is 14.6 Å². The van der Waals surface area contributed by atoms with Crippen molar-refractivity contribution in [3.63, 3.8) is 0 Å². The molecule has 0 aliphatic carbocycles. The Hall–Kier alpha value is -2.74. The summed E-state index contributed by atoms with van der Waals surface area (Å²) in [5.74, 6) is 0.665. The van der Waals surface area contributed by atoms with Crippen LogP contribution < -0.4 is 15.5 Å². The van der Waals surface area contributed by atoms with E-state index in [2.05, 4.69) is 25.5 Å². The Morgan fingerprint density at radius 3 is 2.80 bits per heavy atom. The van der Waals surface area contributed by atoms with Crippen molar-refractivity contribution < 1.29 is 8.78 Å². The number of pyridine rings is 1. The minimum atomic E-state index is -0.289. The molecular weight excluding hydrogens is 386 g/mol. The highest BCUT2D eigenvalue weighted by Gasteiger charge is 2.25. The SMILES string of the molecule is CCNC(=NCCN(C)Cc1ccc(F)cc1)NC1CCN(c2ncccc2F)C1. The Labute approximate surface area is 177 Å². The molecule has 1 atom stereocenters. The average Bonchev–Trinajstić information content (AvgIpc) is 3.18. The molecule has 6 nitrogen and oxygen atoms in total. The molecule has 1 saturated heterocycles. The first-order valence-corrected chi connectivity index (χ1v) is 10.4. The van der Waals surface area contributed by atoms with E-state index in [1.165, 1.54) is 18.2 Å². The van der Waals surface area contributed by atoms with Crippen LogP contribution in [0.25, 0.3) is 0 Å². The number of hydrogen-bond donors (Lipinski definition) is 2. The van der Waals surface area contributed by atoms with E-state index in [9.17, 15) is 8.78 Å². The van der Waals surface area contributed by atoms with E-state index in [1.807, 2.05) is 18.9 Å². The molecule has 2 heterocycles. The fourth-order valence-corrected chi connectivity index (χ4v) is 3.51. The second-order valence-electron chi connectivity index (χ2n) is 7.51. The number of likely N-dealkylation sites (N-methyl/N-ethyl adjacent to an activating group) is 1. The Kier molecular flexibility index (Phi) is 7.96. The molecule has 0 amide bonds. The number of aliphatic imine (C=N–C) groups is 1. The van der Waals surface area contributed by atoms with Crippen molar-refractivity contribution in [3.8, 4) is 0 Å². The van der Waals surface area contributed by atoms with Crippen LogP contribution in [0.5, 0.6) is 0 Å². The molecule has 0 saturated carbocycles. The maximum Gasteiger partial charge on any atom is 0.191 e. The topological polar surface area (TPSA) is 55.8 Å². The number of anilines is 1. The van der Waals surface area contributed by atoms with E-state index < -0.39 is 0 Å². The number of hydrogen-bond acceptors (Lipinski definition) is 4. The number of nitrogens with one attached hydrogen (secondary N) is 2. The fourth-order valence-electron chi connectivity index (χ4n) is 3.51. The van der Waals surface area contributed by atoms with E-state index in [-0.39, 0.29) is 17.7 Å². The standard InChI is InChI=1S/C22H30F2N6/c1-3-25-22(27-12-14-29(2)15-17-6-8-18(23)9-7-17)28-19-10-13-30(16-19)21-20(24)5-4-11-26-21/h4-9,11,19H,3,10,12-16H2,1-2H3,(H2,25,27,28). The van der Waals surface area contributed by atoms with Gasteiger partial charge in [0.25, 0.3) is 0 Å². The van der Waals surface area contributed by atoms with Gasteiger partial charge in [-0.15, -0.1) is 0 Å². The summed E-state index contributed by atoms with van der Waals surface area (Å²) in [6, 6.07) is 9.80. The van der Waals surface area contributed by atoms with Gasteiger partial charge in [-0.2, -0.15) is 0 Å². The molecule has 1 fully saturated rings. The number of nitrogens with zero attached hydrogens (tertiary/aromatic N) is 4. The van der Waals surface area contributed by atoms with E-state index in [0.29, 0.717) is 18.9 Å². The van der Waals surface area contributed by atoms with Gasteiger partial charge in [-0.25, -0.2) is 13.8 Å². The zero-order valence-corrected chi connectivity index (χ0v) is 17.6. The van der Waals surface area contributed by atoms with Crippen molar-refractivity contribution >= 4 is 11.8 Å². The molecule has 162 valence electrons. The highest BCUT2D eigenvalue weighted by Crippen LogP contribution is 2.20. The summed E-state index contributed by atoms with van der Waals surface area (Å²) in [6.45, 7) is 6.40. The number of halogens is 2. The van der Waals surface area contributed by atoms with Crippen molar-refractivity contribution in [3.05, 3.63) is 59.8 Å². The van der Waals surface area contributed by atoms with Crippen molar-refractivity contribution in [1.82, 2.24) is 20.5 Å². The Morgan fingerprint density at radius 2 is 2.07 bits per heavy atom. The van der Waals surface area contributed by atoms with Crippen LogP contribution in [0.3, 0.4) is 0 Å². The van der Waals surface area contributed by atoms with E-state index in [4.69, 9.17) is 0 Å². The van der Waals surface area contributed by atoms with Crippen molar-refractivity contribution in [1.29, 1.82) is 0 Å². The summed E-state index contributed by atoms with van der Waals surface area (Å²) in [7, 11) is 2.02. The van der Waals surface area contributed by atoms with E-state index in [0.717, 1.165) is 44.1 Å². The molecule has 0 spiro atoms. The number of guanidine groups is 1. The predicted molar refractivity (Wildman–Crippen MR) is 117 cm³/mol. The van der Waals surface area contributed by atoms with Crippen LogP contribution in [0.1, 0.15) is 18.9 Å². The van der Waals surface area contributed by atoms with Gasteiger partial charge < -0.3 is 20.4 Å². The number of benzene rings is 1. The van der Waals surface area contributed by atoms with Gasteiger partial charge in [0.2, 0.25) is 0 Å². The molecule has 30 heavy (non-hydrogen) atoms. The molecule has 1 aliphatic rings. The molecule has 3 rings (SSSR count). The summed E-state index contributed by atoms with van der Waals surface area (Å²) in [5.41, 5.74) is 1.07. The smallest absolute Gasteiger partial charge is 0.191 e. The van der Waals surface area contributed by atoms with Crippen molar-refractivity contribution in [2.24, 2.45) is 4.99 Å². The van der Waals surface area contributed by atoms with Crippen LogP contribution in [0, 0.1) is 11.6 Å². The Bertz CT molecular complexity index is 827. The van der Waals surface area contributed by atoms with Gasteiger partial charge in [0.15, 0.2) is 17.6 Å². The fraction of sp³-hybridized carbons (Fsp3) is 0.455. The van der Waals surface area contributed by atoms with Crippen LogP contribution in [0.2, 0.25) is 0 Å². The predicted octanol–water partition coefficient (Wildman–Crippen LogP) is 2.63. The highest BCUT2D eigenvalue weighted by molar-refractivity contribution is 5.80. The zero-order valence-electron chi connectivity index (χ0n) is 17.6. The zero-order chi connectivity index (χ0) is 21.3. The Morgan fingerprint density at radius 1 is 1.27 bits per heavy atom. The molecule has 1 aliphatic heterocycles. The molecule has 1 unspecified atom stereocenters. The number of aromatic nitrogens is 1. The summed E-state index contributed by atoms with van der Waals surface area (Å²) >= 11 is 0. The molecule has 1 aromatic carbocycles. The lowest BCUT2D eigenvalue weighted by Gasteiger charge is -2.20. The third-order valence-corrected chi connectivity index (χ3v) is 5.03. The highest BCUT2D eigenvalue weighted by atomic mass is 19.1.